The highest BCUT2D eigenvalue weighted by molar-refractivity contribution is 6.00. The van der Waals surface area contributed by atoms with Gasteiger partial charge in [0.25, 0.3) is 0 Å². The molecule has 0 amide bonds. The highest BCUT2D eigenvalue weighted by Gasteiger charge is 2.51. The number of rotatable bonds is 7. The van der Waals surface area contributed by atoms with Gasteiger partial charge in [-0.2, -0.15) is 0 Å². The Kier molecular flexibility index (Phi) is 4.93. The molecule has 5 nitrogen and oxygen atoms in total. The number of hydrogen-bond donors (Lipinski definition) is 0. The Balaban J connectivity index is 2.85. The van der Waals surface area contributed by atoms with Crippen molar-refractivity contribution in [2.45, 2.75) is 39.7 Å². The molecule has 1 heterocycles. The third-order valence-electron chi connectivity index (χ3n) is 2.91. The van der Waals surface area contributed by atoms with Gasteiger partial charge in [0.2, 0.25) is 0 Å². The van der Waals surface area contributed by atoms with Crippen LogP contribution in [0.5, 0.6) is 0 Å². The van der Waals surface area contributed by atoms with E-state index in [0.717, 1.165) is 0 Å². The first-order valence-electron chi connectivity index (χ1n) is 6.06. The van der Waals surface area contributed by atoms with E-state index >= 15 is 0 Å². The van der Waals surface area contributed by atoms with Gasteiger partial charge in [0.15, 0.2) is 5.41 Å². The average molecular weight is 244 g/mol. The Morgan fingerprint density at radius 3 is 1.94 bits per heavy atom. The number of carbonyl (C=O) groups excluding carboxylic acids is 2. The zero-order valence-electron chi connectivity index (χ0n) is 10.7. The van der Waals surface area contributed by atoms with Crippen LogP contribution in [0, 0.1) is 5.41 Å². The number of hydrogen-bond acceptors (Lipinski definition) is 5. The number of epoxide rings is 1. The van der Waals surface area contributed by atoms with Crippen molar-refractivity contribution in [3.8, 4) is 0 Å². The van der Waals surface area contributed by atoms with Crippen LogP contribution in [-0.4, -0.2) is 37.9 Å². The van der Waals surface area contributed by atoms with E-state index in [-0.39, 0.29) is 19.3 Å². The van der Waals surface area contributed by atoms with Crippen LogP contribution in [0.4, 0.5) is 0 Å². The molecule has 1 saturated heterocycles. The van der Waals surface area contributed by atoms with Crippen molar-refractivity contribution in [2.75, 3.05) is 19.8 Å². The fraction of sp³-hybridized carbons (Fsp3) is 0.833. The van der Waals surface area contributed by atoms with Crippen molar-refractivity contribution in [1.29, 1.82) is 0 Å². The Morgan fingerprint density at radius 2 is 1.65 bits per heavy atom. The average Bonchev–Trinajstić information content (AvgIpc) is 3.10. The second-order valence-corrected chi connectivity index (χ2v) is 4.04. The van der Waals surface area contributed by atoms with Gasteiger partial charge in [-0.3, -0.25) is 9.59 Å². The monoisotopic (exact) mass is 244 g/mol. The molecule has 0 bridgehead atoms. The molecule has 0 aliphatic carbocycles. The van der Waals surface area contributed by atoms with Gasteiger partial charge in [0, 0.05) is 6.42 Å². The van der Waals surface area contributed by atoms with Crippen molar-refractivity contribution >= 4 is 11.9 Å². The summed E-state index contributed by atoms with van der Waals surface area (Å²) < 4.78 is 15.1. The highest BCUT2D eigenvalue weighted by atomic mass is 16.6. The van der Waals surface area contributed by atoms with Gasteiger partial charge < -0.3 is 14.2 Å². The first-order valence-corrected chi connectivity index (χ1v) is 6.06. The molecule has 0 N–H and O–H groups in total. The minimum Gasteiger partial charge on any atom is -0.465 e. The zero-order valence-corrected chi connectivity index (χ0v) is 10.7. The molecule has 5 heteroatoms. The summed E-state index contributed by atoms with van der Waals surface area (Å²) in [6.45, 7) is 6.34. The van der Waals surface area contributed by atoms with E-state index in [0.29, 0.717) is 19.4 Å². The van der Waals surface area contributed by atoms with Crippen molar-refractivity contribution in [3.05, 3.63) is 0 Å². The lowest BCUT2D eigenvalue weighted by molar-refractivity contribution is -0.173. The molecule has 98 valence electrons. The minimum atomic E-state index is -1.20. The summed E-state index contributed by atoms with van der Waals surface area (Å²) in [7, 11) is 0. The smallest absolute Gasteiger partial charge is 0.323 e. The largest absolute Gasteiger partial charge is 0.465 e. The molecular weight excluding hydrogens is 224 g/mol. The standard InChI is InChI=1S/C12H20O5/c1-4-12(7-9-8-17-9,10(13)15-5-2)11(14)16-6-3/h9H,4-8H2,1-3H3. The Labute approximate surface area is 101 Å². The van der Waals surface area contributed by atoms with Gasteiger partial charge in [0.1, 0.15) is 0 Å². The van der Waals surface area contributed by atoms with Crippen molar-refractivity contribution in [1.82, 2.24) is 0 Å². The van der Waals surface area contributed by atoms with E-state index in [2.05, 4.69) is 0 Å². The van der Waals surface area contributed by atoms with Gasteiger partial charge >= 0.3 is 11.9 Å². The van der Waals surface area contributed by atoms with Crippen LogP contribution in [0.15, 0.2) is 0 Å². The first-order chi connectivity index (χ1) is 8.10. The van der Waals surface area contributed by atoms with Gasteiger partial charge in [-0.05, 0) is 20.3 Å². The predicted octanol–water partition coefficient (Wildman–Crippen LogP) is 1.30. The van der Waals surface area contributed by atoms with Crippen molar-refractivity contribution in [2.24, 2.45) is 5.41 Å². The number of carbonyl (C=O) groups is 2. The second-order valence-electron chi connectivity index (χ2n) is 4.04. The molecule has 0 aromatic rings. The van der Waals surface area contributed by atoms with Crippen LogP contribution in [-0.2, 0) is 23.8 Å². The molecule has 0 radical (unpaired) electrons. The van der Waals surface area contributed by atoms with E-state index in [4.69, 9.17) is 14.2 Å². The Bertz CT molecular complexity index is 265. The summed E-state index contributed by atoms with van der Waals surface area (Å²) in [5.41, 5.74) is -1.20. The molecule has 1 unspecified atom stereocenters. The predicted molar refractivity (Wildman–Crippen MR) is 60.3 cm³/mol. The molecule has 0 aromatic heterocycles. The molecule has 0 saturated carbocycles. The summed E-state index contributed by atoms with van der Waals surface area (Å²) in [6.07, 6.45) is 0.690. The summed E-state index contributed by atoms with van der Waals surface area (Å²) >= 11 is 0. The lowest BCUT2D eigenvalue weighted by Gasteiger charge is -2.27. The maximum absolute atomic E-state index is 12.0. The molecule has 1 fully saturated rings. The van der Waals surface area contributed by atoms with E-state index in [1.807, 2.05) is 0 Å². The first kappa shape index (κ1) is 14.0. The van der Waals surface area contributed by atoms with Gasteiger partial charge in [-0.1, -0.05) is 6.92 Å². The molecule has 1 atom stereocenters. The van der Waals surface area contributed by atoms with Gasteiger partial charge in [0.05, 0.1) is 25.9 Å². The quantitative estimate of drug-likeness (QED) is 0.383. The molecule has 1 aliphatic heterocycles. The van der Waals surface area contributed by atoms with Gasteiger partial charge in [-0.15, -0.1) is 0 Å². The Morgan fingerprint density at radius 1 is 1.18 bits per heavy atom. The number of ether oxygens (including phenoxy) is 3. The summed E-state index contributed by atoms with van der Waals surface area (Å²) in [4.78, 5) is 24.0. The zero-order chi connectivity index (χ0) is 12.9. The second kappa shape index (κ2) is 6.00. The molecule has 17 heavy (non-hydrogen) atoms. The Hall–Kier alpha value is -1.10. The topological polar surface area (TPSA) is 65.1 Å². The summed E-state index contributed by atoms with van der Waals surface area (Å²) in [5.74, 6) is -1.01. The van der Waals surface area contributed by atoms with Crippen LogP contribution in [0.1, 0.15) is 33.6 Å². The van der Waals surface area contributed by atoms with E-state index in [9.17, 15) is 9.59 Å². The molecule has 0 spiro atoms. The lowest BCUT2D eigenvalue weighted by atomic mass is 9.80. The third-order valence-corrected chi connectivity index (χ3v) is 2.91. The molecule has 0 aromatic carbocycles. The summed E-state index contributed by atoms with van der Waals surface area (Å²) in [6, 6.07) is 0. The maximum atomic E-state index is 12.0. The lowest BCUT2D eigenvalue weighted by Crippen LogP contribution is -2.42. The van der Waals surface area contributed by atoms with Crippen molar-refractivity contribution in [3.63, 3.8) is 0 Å². The highest BCUT2D eigenvalue weighted by Crippen LogP contribution is 2.36. The third kappa shape index (κ3) is 3.19. The maximum Gasteiger partial charge on any atom is 0.323 e. The SMILES string of the molecule is CCOC(=O)C(CC)(CC1CO1)C(=O)OCC. The summed E-state index contributed by atoms with van der Waals surface area (Å²) in [5, 5.41) is 0. The van der Waals surface area contributed by atoms with Crippen LogP contribution < -0.4 is 0 Å². The van der Waals surface area contributed by atoms with E-state index in [1.54, 1.807) is 20.8 Å². The van der Waals surface area contributed by atoms with Gasteiger partial charge in [-0.25, -0.2) is 0 Å². The fourth-order valence-corrected chi connectivity index (χ4v) is 1.80. The fourth-order valence-electron chi connectivity index (χ4n) is 1.80. The van der Waals surface area contributed by atoms with Crippen LogP contribution in [0.3, 0.4) is 0 Å². The molecule has 1 aliphatic rings. The normalized spacial score (nSPS) is 18.6. The number of esters is 2. The van der Waals surface area contributed by atoms with Crippen LogP contribution in [0.2, 0.25) is 0 Å². The van der Waals surface area contributed by atoms with Crippen molar-refractivity contribution < 1.29 is 23.8 Å². The van der Waals surface area contributed by atoms with E-state index < -0.39 is 17.4 Å². The molecular formula is C12H20O5. The minimum absolute atomic E-state index is 0.0243. The van der Waals surface area contributed by atoms with E-state index in [1.165, 1.54) is 0 Å². The van der Waals surface area contributed by atoms with Crippen LogP contribution in [0.25, 0.3) is 0 Å². The van der Waals surface area contributed by atoms with Crippen LogP contribution >= 0.6 is 0 Å². The molecule has 1 rings (SSSR count).